The fraction of sp³-hybridized carbons (Fsp3) is 0.0417. The summed E-state index contributed by atoms with van der Waals surface area (Å²) in [5, 5.41) is 0. The second kappa shape index (κ2) is 21.3. The summed E-state index contributed by atoms with van der Waals surface area (Å²) in [6.45, 7) is 2.29. The van der Waals surface area contributed by atoms with Gasteiger partial charge in [-0.3, -0.25) is 0 Å². The van der Waals surface area contributed by atoms with E-state index in [0.29, 0.717) is 5.92 Å². The van der Waals surface area contributed by atoms with E-state index in [4.69, 9.17) is 4.98 Å². The fourth-order valence-electron chi connectivity index (χ4n) is 10.3. The molecule has 0 fully saturated rings. The summed E-state index contributed by atoms with van der Waals surface area (Å²) in [5.74, 6) is 0.444. The summed E-state index contributed by atoms with van der Waals surface area (Å²) < 4.78 is 0. The number of para-hydroxylation sites is 1. The molecule has 0 saturated carbocycles. The van der Waals surface area contributed by atoms with Crippen LogP contribution in [0.2, 0.25) is 0 Å². The molecule has 1 aliphatic rings. The quantitative estimate of drug-likeness (QED) is 0.115. The highest BCUT2D eigenvalue weighted by Crippen LogP contribution is 2.41. The van der Waals surface area contributed by atoms with E-state index in [1.165, 1.54) is 28.0 Å². The topological polar surface area (TPSA) is 19.4 Å². The van der Waals surface area contributed by atoms with Crippen molar-refractivity contribution in [3.8, 4) is 78.1 Å². The molecule has 1 heterocycles. The predicted octanol–water partition coefficient (Wildman–Crippen LogP) is 19.8. The van der Waals surface area contributed by atoms with Gasteiger partial charge in [0.1, 0.15) is 0 Å². The number of hydrogen-bond donors (Lipinski definition) is 0. The van der Waals surface area contributed by atoms with Gasteiger partial charge in [-0.25, -0.2) is 4.98 Å². The molecule has 0 amide bonds. The highest BCUT2D eigenvalue weighted by atomic mass is 15.1. The van der Waals surface area contributed by atoms with Crippen molar-refractivity contribution in [2.45, 2.75) is 13.3 Å². The maximum absolute atomic E-state index is 5.47. The molecule has 75 heavy (non-hydrogen) atoms. The van der Waals surface area contributed by atoms with Crippen molar-refractivity contribution < 1.29 is 0 Å². The van der Waals surface area contributed by atoms with E-state index in [1.54, 1.807) is 0 Å². The van der Waals surface area contributed by atoms with Gasteiger partial charge in [0, 0.05) is 45.3 Å². The van der Waals surface area contributed by atoms with Crippen LogP contribution in [0.1, 0.15) is 13.3 Å². The lowest BCUT2D eigenvalue weighted by atomic mass is 9.96. The Morgan fingerprint density at radius 3 is 1.12 bits per heavy atom. The number of rotatable bonds is 13. The number of anilines is 5. The molecule has 1 aromatic heterocycles. The van der Waals surface area contributed by atoms with Crippen molar-refractivity contribution in [1.29, 1.82) is 0 Å². The molecule has 0 radical (unpaired) electrons. The van der Waals surface area contributed by atoms with Gasteiger partial charge in [0.25, 0.3) is 0 Å². The summed E-state index contributed by atoms with van der Waals surface area (Å²) in [6, 6.07) is 100. The first-order valence-corrected chi connectivity index (χ1v) is 25.9. The number of nitrogens with zero attached hydrogens (tertiary/aromatic N) is 3. The predicted molar refractivity (Wildman–Crippen MR) is 317 cm³/mol. The Labute approximate surface area is 441 Å². The maximum atomic E-state index is 5.47. The molecule has 1 aliphatic carbocycles. The molecule has 11 aromatic rings. The highest BCUT2D eigenvalue weighted by Gasteiger charge is 2.19. The van der Waals surface area contributed by atoms with E-state index in [-0.39, 0.29) is 0 Å². The van der Waals surface area contributed by atoms with Gasteiger partial charge in [-0.15, -0.1) is 0 Å². The zero-order valence-corrected chi connectivity index (χ0v) is 41.9. The smallest absolute Gasteiger partial charge is 0.0715 e. The fourth-order valence-corrected chi connectivity index (χ4v) is 10.3. The summed E-state index contributed by atoms with van der Waals surface area (Å²) in [7, 11) is 0. The maximum Gasteiger partial charge on any atom is 0.0715 e. The second-order valence-electron chi connectivity index (χ2n) is 19.3. The molecule has 0 aliphatic heterocycles. The number of benzene rings is 10. The molecule has 0 bridgehead atoms. The Hall–Kier alpha value is -9.57. The Kier molecular flexibility index (Phi) is 13.2. The van der Waals surface area contributed by atoms with Crippen LogP contribution in [0.3, 0.4) is 0 Å². The van der Waals surface area contributed by atoms with Gasteiger partial charge in [0.2, 0.25) is 0 Å². The Balaban J connectivity index is 0.887. The van der Waals surface area contributed by atoms with Crippen LogP contribution < -0.4 is 9.80 Å². The minimum atomic E-state index is 0.444. The minimum absolute atomic E-state index is 0.444. The van der Waals surface area contributed by atoms with Crippen LogP contribution >= 0.6 is 0 Å². The van der Waals surface area contributed by atoms with Crippen molar-refractivity contribution in [2.24, 2.45) is 5.92 Å². The van der Waals surface area contributed by atoms with Gasteiger partial charge in [-0.1, -0.05) is 213 Å². The van der Waals surface area contributed by atoms with Crippen molar-refractivity contribution >= 4 is 28.4 Å². The molecule has 0 spiro atoms. The van der Waals surface area contributed by atoms with Crippen LogP contribution in [0, 0.1) is 5.92 Å². The van der Waals surface area contributed by atoms with E-state index >= 15 is 0 Å². The molecule has 0 saturated heterocycles. The van der Waals surface area contributed by atoms with Crippen molar-refractivity contribution in [3.63, 3.8) is 0 Å². The highest BCUT2D eigenvalue weighted by molar-refractivity contribution is 5.85. The third kappa shape index (κ3) is 10.3. The van der Waals surface area contributed by atoms with E-state index in [1.807, 2.05) is 0 Å². The zero-order chi connectivity index (χ0) is 50.3. The third-order valence-electron chi connectivity index (χ3n) is 14.1. The first kappa shape index (κ1) is 46.5. The van der Waals surface area contributed by atoms with Gasteiger partial charge < -0.3 is 9.80 Å². The molecule has 3 heteroatoms. The second-order valence-corrected chi connectivity index (χ2v) is 19.3. The van der Waals surface area contributed by atoms with Crippen LogP contribution in [0.15, 0.2) is 303 Å². The zero-order valence-electron chi connectivity index (χ0n) is 41.9. The Morgan fingerprint density at radius 2 is 0.640 bits per heavy atom. The van der Waals surface area contributed by atoms with Crippen molar-refractivity contribution in [2.75, 3.05) is 9.80 Å². The average molecular weight is 962 g/mol. The molecular formula is C72H55N3. The van der Waals surface area contributed by atoms with Crippen LogP contribution in [-0.2, 0) is 0 Å². The molecule has 1 atom stereocenters. The lowest BCUT2D eigenvalue weighted by Crippen LogP contribution is -2.17. The van der Waals surface area contributed by atoms with Crippen LogP contribution in [0.25, 0.3) is 78.1 Å². The molecular weight excluding hydrogens is 907 g/mol. The molecule has 3 nitrogen and oxygen atoms in total. The molecule has 0 N–H and O–H groups in total. The van der Waals surface area contributed by atoms with Gasteiger partial charge in [0.15, 0.2) is 0 Å². The van der Waals surface area contributed by atoms with E-state index in [2.05, 4.69) is 314 Å². The number of allylic oxidation sites excluding steroid dienone is 3. The summed E-state index contributed by atoms with van der Waals surface area (Å²) in [5.41, 5.74) is 22.2. The van der Waals surface area contributed by atoms with Crippen LogP contribution in [0.5, 0.6) is 0 Å². The van der Waals surface area contributed by atoms with Gasteiger partial charge in [0.05, 0.1) is 11.4 Å². The van der Waals surface area contributed by atoms with Crippen LogP contribution in [-0.4, -0.2) is 4.98 Å². The van der Waals surface area contributed by atoms with Gasteiger partial charge in [-0.2, -0.15) is 0 Å². The lowest BCUT2D eigenvalue weighted by Gasteiger charge is -2.29. The Morgan fingerprint density at radius 1 is 0.293 bits per heavy atom. The standard InChI is InChI=1S/C72H55N3/c1-52-19-14-34-68(45-52)75(67-43-39-57(40-44-67)54-22-8-3-9-23-54)70-36-18-29-61(49-70)59-27-16-31-63(47-59)72-51-64(55-24-10-4-11-25-55)50-71(73-72)62-30-15-26-58(46-62)60-28-17-35-69(48-60)74(65-32-12-5-13-33-65)66-41-37-56(38-42-66)53-20-6-2-7-21-53/h2-18,20-52H,19H2,1H3. The lowest BCUT2D eigenvalue weighted by molar-refractivity contribution is 0.726. The van der Waals surface area contributed by atoms with Crippen molar-refractivity contribution in [1.82, 2.24) is 4.98 Å². The van der Waals surface area contributed by atoms with E-state index in [9.17, 15) is 0 Å². The average Bonchev–Trinajstić information content (AvgIpc) is 3.49. The normalized spacial score (nSPS) is 13.0. The summed E-state index contributed by atoms with van der Waals surface area (Å²) in [4.78, 5) is 10.2. The monoisotopic (exact) mass is 961 g/mol. The Bertz CT molecular complexity index is 3790. The largest absolute Gasteiger partial charge is 0.311 e. The van der Waals surface area contributed by atoms with E-state index < -0.39 is 0 Å². The number of pyridine rings is 1. The molecule has 10 aromatic carbocycles. The molecule has 358 valence electrons. The van der Waals surface area contributed by atoms with Crippen molar-refractivity contribution in [3.05, 3.63) is 303 Å². The number of hydrogen-bond acceptors (Lipinski definition) is 3. The molecule has 12 rings (SSSR count). The van der Waals surface area contributed by atoms with Gasteiger partial charge >= 0.3 is 0 Å². The molecule has 1 unspecified atom stereocenters. The number of aromatic nitrogens is 1. The summed E-state index contributed by atoms with van der Waals surface area (Å²) >= 11 is 0. The first-order valence-electron chi connectivity index (χ1n) is 25.9. The minimum Gasteiger partial charge on any atom is -0.311 e. The van der Waals surface area contributed by atoms with Crippen LogP contribution in [0.4, 0.5) is 28.4 Å². The van der Waals surface area contributed by atoms with Gasteiger partial charge in [-0.05, 0) is 159 Å². The third-order valence-corrected chi connectivity index (χ3v) is 14.1. The van der Waals surface area contributed by atoms with E-state index in [0.717, 1.165) is 90.8 Å². The first-order chi connectivity index (χ1) is 37.1. The summed E-state index contributed by atoms with van der Waals surface area (Å²) in [6.07, 6.45) is 7.99. The SMILES string of the molecule is CC1C=C(N(c2ccc(-c3ccccc3)cc2)c2cccc(-c3cccc(-c4cc(-c5ccccc5)cc(-c5cccc(-c6cccc(N(c7ccccc7)c7ccc(-c8ccccc8)cc7)c6)c5)n4)c3)c2)C=CC1.